The number of aryl methyl sites for hydroxylation is 1. The van der Waals surface area contributed by atoms with Gasteiger partial charge in [0.1, 0.15) is 7.85 Å². The van der Waals surface area contributed by atoms with Crippen LogP contribution in [0.5, 0.6) is 0 Å². The summed E-state index contributed by atoms with van der Waals surface area (Å²) in [5.41, 5.74) is 8.33. The highest BCUT2D eigenvalue weighted by Gasteiger charge is 1.96. The Morgan fingerprint density at radius 1 is 1.67 bits per heavy atom. The fourth-order valence-electron chi connectivity index (χ4n) is 0.925. The largest absolute Gasteiger partial charge is 0.387 e. The van der Waals surface area contributed by atoms with Gasteiger partial charge < -0.3 is 5.73 Å². The Hall–Kier alpha value is -1.32. The molecule has 1 heterocycles. The summed E-state index contributed by atoms with van der Waals surface area (Å²) in [7, 11) is 1.98. The Bertz CT molecular complexity index is 316. The molecule has 0 unspecified atom stereocenters. The van der Waals surface area contributed by atoms with Crippen LogP contribution in [0.3, 0.4) is 0 Å². The lowest BCUT2D eigenvalue weighted by atomic mass is 9.98. The maximum atomic E-state index is 5.47. The SMILES string of the molecule is Bc1cnc(C)c(/N=C(\C)N)c1. The van der Waals surface area contributed by atoms with Gasteiger partial charge in [-0.05, 0) is 19.9 Å². The van der Waals surface area contributed by atoms with E-state index in [1.807, 2.05) is 27.0 Å². The van der Waals surface area contributed by atoms with Crippen LogP contribution in [0.25, 0.3) is 0 Å². The average Bonchev–Trinajstić information content (AvgIpc) is 1.96. The second kappa shape index (κ2) is 3.39. The lowest BCUT2D eigenvalue weighted by Gasteiger charge is -2.00. The van der Waals surface area contributed by atoms with E-state index in [1.165, 1.54) is 0 Å². The van der Waals surface area contributed by atoms with E-state index in [-0.39, 0.29) is 0 Å². The predicted molar refractivity (Wildman–Crippen MR) is 54.1 cm³/mol. The number of amidine groups is 1. The second-order valence-corrected chi connectivity index (χ2v) is 2.87. The molecule has 0 saturated heterocycles. The molecular formula is C8H12BN3. The Kier molecular flexibility index (Phi) is 2.48. The summed E-state index contributed by atoms with van der Waals surface area (Å²) in [5, 5.41) is 0. The first kappa shape index (κ1) is 8.78. The van der Waals surface area contributed by atoms with Crippen molar-refractivity contribution in [2.24, 2.45) is 10.7 Å². The molecule has 0 fully saturated rings. The zero-order valence-electron chi connectivity index (χ0n) is 7.63. The van der Waals surface area contributed by atoms with Gasteiger partial charge in [-0.3, -0.25) is 4.98 Å². The first-order valence-electron chi connectivity index (χ1n) is 3.83. The molecule has 0 aliphatic rings. The van der Waals surface area contributed by atoms with Gasteiger partial charge >= 0.3 is 0 Å². The van der Waals surface area contributed by atoms with Crippen LogP contribution in [0.1, 0.15) is 12.6 Å². The molecule has 1 aromatic rings. The minimum atomic E-state index is 0.561. The third kappa shape index (κ3) is 2.08. The number of hydrogen-bond donors (Lipinski definition) is 1. The first-order valence-corrected chi connectivity index (χ1v) is 3.83. The van der Waals surface area contributed by atoms with Gasteiger partial charge in [-0.2, -0.15) is 0 Å². The number of pyridine rings is 1. The lowest BCUT2D eigenvalue weighted by molar-refractivity contribution is 1.19. The quantitative estimate of drug-likeness (QED) is 0.348. The number of rotatable bonds is 1. The molecule has 1 rings (SSSR count). The predicted octanol–water partition coefficient (Wildman–Crippen LogP) is -0.343. The van der Waals surface area contributed by atoms with Gasteiger partial charge in [-0.1, -0.05) is 5.46 Å². The fraction of sp³-hybridized carbons (Fsp3) is 0.250. The lowest BCUT2D eigenvalue weighted by Crippen LogP contribution is -2.07. The van der Waals surface area contributed by atoms with Gasteiger partial charge in [0.25, 0.3) is 0 Å². The normalized spacial score (nSPS) is 11.7. The van der Waals surface area contributed by atoms with Gasteiger partial charge in [0, 0.05) is 6.20 Å². The minimum absolute atomic E-state index is 0.561. The van der Waals surface area contributed by atoms with Crippen molar-refractivity contribution in [2.75, 3.05) is 0 Å². The van der Waals surface area contributed by atoms with E-state index in [0.717, 1.165) is 16.8 Å². The molecule has 0 atom stereocenters. The summed E-state index contributed by atoms with van der Waals surface area (Å²) >= 11 is 0. The van der Waals surface area contributed by atoms with Crippen molar-refractivity contribution in [1.82, 2.24) is 4.98 Å². The molecule has 3 nitrogen and oxygen atoms in total. The van der Waals surface area contributed by atoms with Crippen molar-refractivity contribution in [3.63, 3.8) is 0 Å². The van der Waals surface area contributed by atoms with Gasteiger partial charge in [-0.25, -0.2) is 4.99 Å². The molecule has 1 aromatic heterocycles. The van der Waals surface area contributed by atoms with Crippen LogP contribution in [0.15, 0.2) is 17.3 Å². The molecule has 62 valence electrons. The average molecular weight is 161 g/mol. The zero-order chi connectivity index (χ0) is 9.14. The summed E-state index contributed by atoms with van der Waals surface area (Å²) in [6.45, 7) is 3.68. The molecule has 0 aliphatic heterocycles. The van der Waals surface area contributed by atoms with E-state index in [0.29, 0.717) is 5.84 Å². The van der Waals surface area contributed by atoms with Crippen LogP contribution < -0.4 is 11.2 Å². The number of nitrogens with zero attached hydrogens (tertiary/aromatic N) is 2. The molecule has 0 radical (unpaired) electrons. The Morgan fingerprint density at radius 2 is 2.33 bits per heavy atom. The van der Waals surface area contributed by atoms with Gasteiger partial charge in [-0.15, -0.1) is 0 Å². The van der Waals surface area contributed by atoms with Gasteiger partial charge in [0.05, 0.1) is 17.2 Å². The number of aromatic nitrogens is 1. The van der Waals surface area contributed by atoms with E-state index in [2.05, 4.69) is 9.98 Å². The molecule has 0 saturated carbocycles. The maximum absolute atomic E-state index is 5.47. The van der Waals surface area contributed by atoms with Crippen molar-refractivity contribution in [3.8, 4) is 0 Å². The third-order valence-electron chi connectivity index (χ3n) is 1.49. The summed E-state index contributed by atoms with van der Waals surface area (Å²) < 4.78 is 0. The molecular weight excluding hydrogens is 149 g/mol. The second-order valence-electron chi connectivity index (χ2n) is 2.87. The van der Waals surface area contributed by atoms with Gasteiger partial charge in [0.15, 0.2) is 0 Å². The van der Waals surface area contributed by atoms with Crippen LogP contribution in [0.4, 0.5) is 5.69 Å². The first-order chi connectivity index (χ1) is 5.59. The van der Waals surface area contributed by atoms with Crippen molar-refractivity contribution in [2.45, 2.75) is 13.8 Å². The number of hydrogen-bond acceptors (Lipinski definition) is 2. The highest BCUT2D eigenvalue weighted by molar-refractivity contribution is 6.32. The Morgan fingerprint density at radius 3 is 2.92 bits per heavy atom. The number of nitrogens with two attached hydrogens (primary N) is 1. The van der Waals surface area contributed by atoms with Crippen LogP contribution >= 0.6 is 0 Å². The highest BCUT2D eigenvalue weighted by Crippen LogP contribution is 2.12. The molecule has 2 N–H and O–H groups in total. The van der Waals surface area contributed by atoms with Crippen molar-refractivity contribution < 1.29 is 0 Å². The maximum Gasteiger partial charge on any atom is 0.141 e. The summed E-state index contributed by atoms with van der Waals surface area (Å²) in [6.07, 6.45) is 1.82. The monoisotopic (exact) mass is 161 g/mol. The van der Waals surface area contributed by atoms with E-state index in [9.17, 15) is 0 Å². The third-order valence-corrected chi connectivity index (χ3v) is 1.49. The molecule has 0 spiro atoms. The molecule has 0 bridgehead atoms. The summed E-state index contributed by atoms with van der Waals surface area (Å²) in [4.78, 5) is 8.32. The van der Waals surface area contributed by atoms with E-state index < -0.39 is 0 Å². The smallest absolute Gasteiger partial charge is 0.141 e. The molecule has 0 aromatic carbocycles. The summed E-state index contributed by atoms with van der Waals surface area (Å²) in [5.74, 6) is 0.561. The summed E-state index contributed by atoms with van der Waals surface area (Å²) in [6, 6.07) is 1.97. The van der Waals surface area contributed by atoms with E-state index >= 15 is 0 Å². The van der Waals surface area contributed by atoms with E-state index in [4.69, 9.17) is 5.73 Å². The van der Waals surface area contributed by atoms with Crippen LogP contribution in [-0.4, -0.2) is 18.7 Å². The van der Waals surface area contributed by atoms with Crippen LogP contribution in [-0.2, 0) is 0 Å². The fourth-order valence-corrected chi connectivity index (χ4v) is 0.925. The molecule has 4 heteroatoms. The van der Waals surface area contributed by atoms with Crippen LogP contribution in [0.2, 0.25) is 0 Å². The van der Waals surface area contributed by atoms with Crippen molar-refractivity contribution >= 4 is 24.8 Å². The van der Waals surface area contributed by atoms with E-state index in [1.54, 1.807) is 6.92 Å². The van der Waals surface area contributed by atoms with Crippen LogP contribution in [0, 0.1) is 6.92 Å². The Labute approximate surface area is 73.1 Å². The highest BCUT2D eigenvalue weighted by atomic mass is 14.9. The molecule has 12 heavy (non-hydrogen) atoms. The number of aliphatic imine (C=N–C) groups is 1. The van der Waals surface area contributed by atoms with Crippen molar-refractivity contribution in [1.29, 1.82) is 0 Å². The van der Waals surface area contributed by atoms with Crippen molar-refractivity contribution in [3.05, 3.63) is 18.0 Å². The Balaban J connectivity index is 3.14. The minimum Gasteiger partial charge on any atom is -0.387 e. The molecule has 0 aliphatic carbocycles. The standard InChI is InChI=1S/C8H12BN3/c1-5-8(12-6(2)10)3-7(9)4-11-5/h3-4H,9H2,1-2H3,(H2,10,12). The zero-order valence-corrected chi connectivity index (χ0v) is 7.63. The topological polar surface area (TPSA) is 51.3 Å². The molecule has 0 amide bonds. The van der Waals surface area contributed by atoms with Gasteiger partial charge in [0.2, 0.25) is 0 Å².